The van der Waals surface area contributed by atoms with Crippen LogP contribution in [0.15, 0.2) is 65.6 Å². The zero-order valence-corrected chi connectivity index (χ0v) is 29.3. The molecule has 51 heavy (non-hydrogen) atoms. The Bertz CT molecular complexity index is 1910. The van der Waals surface area contributed by atoms with E-state index < -0.39 is 59.4 Å². The highest BCUT2D eigenvalue weighted by molar-refractivity contribution is 6.47. The molecule has 0 spiro atoms. The van der Waals surface area contributed by atoms with Gasteiger partial charge in [0.05, 0.1) is 34.9 Å². The van der Waals surface area contributed by atoms with Crippen molar-refractivity contribution in [2.24, 2.45) is 17.3 Å². The number of nitrogens with zero attached hydrogens (tertiary/aromatic N) is 2. The topological polar surface area (TPSA) is 124 Å². The molecular formula is C37H43BF3N5O5. The first kappa shape index (κ1) is 35.2. The van der Waals surface area contributed by atoms with Crippen LogP contribution in [0.4, 0.5) is 18.9 Å². The predicted octanol–water partition coefficient (Wildman–Crippen LogP) is 5.63. The van der Waals surface area contributed by atoms with E-state index in [0.29, 0.717) is 29.4 Å². The van der Waals surface area contributed by atoms with E-state index in [4.69, 9.17) is 9.31 Å². The SMILES string of the molecule is CC[C@H](NC(=O)[C@@H]1C[C@@](C)(NC(=O)c2ccccc2)c2ncc(NCc3cccc(C(F)(F)F)c3)c(=O)n21)B1OC2C3CC(C[C@]2(C)O1)C3(C)C. The molecule has 1 aromatic heterocycles. The van der Waals surface area contributed by atoms with Crippen molar-refractivity contribution >= 4 is 24.6 Å². The zero-order chi connectivity index (χ0) is 36.5. The van der Waals surface area contributed by atoms with E-state index in [1.807, 2.05) is 6.92 Å². The number of carbonyl (C=O) groups excluding carboxylic acids is 2. The second-order valence-electron chi connectivity index (χ2n) is 15.5. The van der Waals surface area contributed by atoms with Gasteiger partial charge < -0.3 is 25.3 Å². The summed E-state index contributed by atoms with van der Waals surface area (Å²) in [6.45, 7) is 10.2. The molecule has 270 valence electrons. The summed E-state index contributed by atoms with van der Waals surface area (Å²) in [5.41, 5.74) is -2.19. The molecule has 0 radical (unpaired) electrons. The van der Waals surface area contributed by atoms with Crippen LogP contribution in [0.5, 0.6) is 0 Å². The number of halogens is 3. The molecule has 3 aliphatic carbocycles. The van der Waals surface area contributed by atoms with Gasteiger partial charge in [-0.1, -0.05) is 51.1 Å². The van der Waals surface area contributed by atoms with Gasteiger partial charge in [-0.05, 0) is 80.2 Å². The number of amides is 2. The average molecular weight is 706 g/mol. The second-order valence-corrected chi connectivity index (χ2v) is 15.5. The molecule has 10 nitrogen and oxygen atoms in total. The fraction of sp³-hybridized carbons (Fsp3) is 0.514. The third-order valence-electron chi connectivity index (χ3n) is 11.8. The standard InChI is InChI=1S/C37H43BF3N5O5/c1-6-28(38-50-29-25-16-24(34(25,2)3)17-36(29,5)51-38)44-31(48)27-18-35(4,45-30(47)22-12-8-7-9-13-22)33-43-20-26(32(49)46(27)33)42-19-21-11-10-14-23(15-21)37(39,40)41/h7-15,20,24-25,27-29,42H,6,16-19H2,1-5H3,(H,44,48)(H,45,47)/t24?,25?,27-,28-,29?,35+,36-/m0/s1. The third-order valence-corrected chi connectivity index (χ3v) is 11.8. The Hall–Kier alpha value is -4.17. The summed E-state index contributed by atoms with van der Waals surface area (Å²) in [5.74, 6) is -0.277. The van der Waals surface area contributed by atoms with E-state index in [9.17, 15) is 27.6 Å². The van der Waals surface area contributed by atoms with Crippen LogP contribution < -0.4 is 21.5 Å². The molecule has 8 rings (SSSR count). The summed E-state index contributed by atoms with van der Waals surface area (Å²) in [4.78, 5) is 46.3. The Kier molecular flexibility index (Phi) is 8.64. The summed E-state index contributed by atoms with van der Waals surface area (Å²) >= 11 is 0. The molecule has 2 aromatic carbocycles. The number of hydrogen-bond acceptors (Lipinski definition) is 7. The number of nitrogens with one attached hydrogen (secondary N) is 3. The van der Waals surface area contributed by atoms with Crippen LogP contribution in [0.2, 0.25) is 0 Å². The van der Waals surface area contributed by atoms with E-state index in [0.717, 1.165) is 25.0 Å². The van der Waals surface area contributed by atoms with Crippen LogP contribution in [-0.2, 0) is 32.4 Å². The normalized spacial score (nSPS) is 29.4. The van der Waals surface area contributed by atoms with Crippen molar-refractivity contribution in [1.29, 1.82) is 0 Å². The lowest BCUT2D eigenvalue weighted by Crippen LogP contribution is -2.63. The number of carbonyl (C=O) groups is 2. The maximum absolute atomic E-state index is 14.3. The maximum Gasteiger partial charge on any atom is 0.481 e. The molecule has 1 saturated heterocycles. The van der Waals surface area contributed by atoms with Crippen molar-refractivity contribution in [3.63, 3.8) is 0 Å². The Morgan fingerprint density at radius 3 is 2.51 bits per heavy atom. The number of rotatable bonds is 9. The van der Waals surface area contributed by atoms with Gasteiger partial charge >= 0.3 is 13.3 Å². The molecule has 2 amide bonds. The number of alkyl halides is 3. The number of anilines is 1. The Morgan fingerprint density at radius 2 is 1.82 bits per heavy atom. The average Bonchev–Trinajstić information content (AvgIpc) is 3.61. The van der Waals surface area contributed by atoms with Gasteiger partial charge in [-0.15, -0.1) is 0 Å². The van der Waals surface area contributed by atoms with E-state index >= 15 is 0 Å². The van der Waals surface area contributed by atoms with Gasteiger partial charge in [0.25, 0.3) is 11.5 Å². The molecule has 4 fully saturated rings. The highest BCUT2D eigenvalue weighted by atomic mass is 19.4. The van der Waals surface area contributed by atoms with Crippen molar-refractivity contribution in [3.05, 3.63) is 93.7 Å². The van der Waals surface area contributed by atoms with Gasteiger partial charge in [-0.25, -0.2) is 4.98 Å². The van der Waals surface area contributed by atoms with Gasteiger partial charge in [-0.2, -0.15) is 13.2 Å². The lowest BCUT2D eigenvalue weighted by molar-refractivity contribution is -0.185. The third kappa shape index (κ3) is 6.13. The van der Waals surface area contributed by atoms with E-state index in [1.54, 1.807) is 37.3 Å². The minimum absolute atomic E-state index is 0.000649. The lowest BCUT2D eigenvalue weighted by Gasteiger charge is -2.63. The monoisotopic (exact) mass is 705 g/mol. The Labute approximate surface area is 295 Å². The first-order valence-corrected chi connectivity index (χ1v) is 17.6. The molecule has 3 aromatic rings. The number of hydrogen-bond donors (Lipinski definition) is 3. The number of aromatic nitrogens is 2. The first-order valence-electron chi connectivity index (χ1n) is 17.6. The van der Waals surface area contributed by atoms with Crippen LogP contribution in [0.3, 0.4) is 0 Å². The van der Waals surface area contributed by atoms with E-state index in [-0.39, 0.29) is 36.0 Å². The maximum atomic E-state index is 14.3. The fourth-order valence-corrected chi connectivity index (χ4v) is 8.70. The van der Waals surface area contributed by atoms with E-state index in [1.165, 1.54) is 22.9 Å². The lowest BCUT2D eigenvalue weighted by atomic mass is 9.45. The minimum atomic E-state index is -4.52. The first-order chi connectivity index (χ1) is 24.0. The van der Waals surface area contributed by atoms with Crippen molar-refractivity contribution < 1.29 is 32.1 Å². The smallest absolute Gasteiger partial charge is 0.404 e. The molecule has 3 unspecified atom stereocenters. The Balaban J connectivity index is 1.16. The molecule has 2 aliphatic heterocycles. The van der Waals surface area contributed by atoms with Crippen molar-refractivity contribution in [2.75, 3.05) is 5.32 Å². The fourth-order valence-electron chi connectivity index (χ4n) is 8.70. The largest absolute Gasteiger partial charge is 0.481 e. The molecule has 14 heteroatoms. The molecule has 3 saturated carbocycles. The summed E-state index contributed by atoms with van der Waals surface area (Å²) in [6.07, 6.45) is -0.805. The highest BCUT2D eigenvalue weighted by Crippen LogP contribution is 2.64. The van der Waals surface area contributed by atoms with Gasteiger partial charge in [-0.3, -0.25) is 19.0 Å². The molecule has 7 atom stereocenters. The van der Waals surface area contributed by atoms with Crippen molar-refractivity contribution in [3.8, 4) is 0 Å². The molecular weight excluding hydrogens is 662 g/mol. The van der Waals surface area contributed by atoms with Crippen LogP contribution in [0, 0.1) is 17.3 Å². The highest BCUT2D eigenvalue weighted by Gasteiger charge is 2.67. The van der Waals surface area contributed by atoms with Gasteiger partial charge in [0.2, 0.25) is 5.91 Å². The van der Waals surface area contributed by atoms with Crippen LogP contribution >= 0.6 is 0 Å². The van der Waals surface area contributed by atoms with Crippen LogP contribution in [-0.4, -0.2) is 46.1 Å². The van der Waals surface area contributed by atoms with Crippen molar-refractivity contribution in [1.82, 2.24) is 20.2 Å². The minimum Gasteiger partial charge on any atom is -0.404 e. The van der Waals surface area contributed by atoms with Crippen molar-refractivity contribution in [2.45, 2.75) is 102 Å². The summed E-state index contributed by atoms with van der Waals surface area (Å²) in [5, 5.41) is 9.01. The summed E-state index contributed by atoms with van der Waals surface area (Å²) in [7, 11) is -0.676. The van der Waals surface area contributed by atoms with Gasteiger partial charge in [0.15, 0.2) is 0 Å². The second kappa shape index (κ2) is 12.5. The van der Waals surface area contributed by atoms with Crippen LogP contribution in [0.25, 0.3) is 0 Å². The molecule has 3 heterocycles. The predicted molar refractivity (Wildman–Crippen MR) is 185 cm³/mol. The zero-order valence-electron chi connectivity index (χ0n) is 29.3. The summed E-state index contributed by atoms with van der Waals surface area (Å²) < 4.78 is 54.4. The van der Waals surface area contributed by atoms with Crippen LogP contribution in [0.1, 0.15) is 93.7 Å². The number of fused-ring (bicyclic) bond motifs is 1. The molecule has 2 bridgehead atoms. The number of benzene rings is 2. The van der Waals surface area contributed by atoms with Gasteiger partial charge in [0.1, 0.15) is 17.6 Å². The molecule has 5 aliphatic rings. The van der Waals surface area contributed by atoms with E-state index in [2.05, 4.69) is 41.7 Å². The van der Waals surface area contributed by atoms with Gasteiger partial charge in [0, 0.05) is 18.5 Å². The molecule has 3 N–H and O–H groups in total. The Morgan fingerprint density at radius 1 is 1.08 bits per heavy atom. The quantitative estimate of drug-likeness (QED) is 0.247. The summed E-state index contributed by atoms with van der Waals surface area (Å²) in [6, 6.07) is 12.3.